The lowest BCUT2D eigenvalue weighted by atomic mass is 9.75. The molecule has 0 spiro atoms. The van der Waals surface area contributed by atoms with E-state index in [1.54, 1.807) is 0 Å². The van der Waals surface area contributed by atoms with Crippen LogP contribution in [-0.4, -0.2) is 16.2 Å². The molecule has 3 heterocycles. The molecule has 0 aliphatic carbocycles. The molecule has 0 saturated heterocycles. The third-order valence-electron chi connectivity index (χ3n) is 14.8. The largest absolute Gasteiger partial charge is 0.457 e. The van der Waals surface area contributed by atoms with Crippen molar-refractivity contribution in [2.45, 2.75) is 139 Å². The summed E-state index contributed by atoms with van der Waals surface area (Å²) in [6.07, 6.45) is 1.95. The van der Waals surface area contributed by atoms with Crippen molar-refractivity contribution in [2.75, 3.05) is 16.5 Å². The molecule has 1 aliphatic heterocycles. The molecule has 0 radical (unpaired) electrons. The molecule has 9 rings (SSSR count). The summed E-state index contributed by atoms with van der Waals surface area (Å²) < 4.78 is 9.50. The minimum atomic E-state index is -0.217. The first-order valence-electron chi connectivity index (χ1n) is 26.0. The van der Waals surface area contributed by atoms with Crippen LogP contribution < -0.4 is 14.5 Å². The number of rotatable bonds is 8. The van der Waals surface area contributed by atoms with E-state index in [0.29, 0.717) is 6.67 Å². The molecule has 2 aromatic heterocycles. The monoisotopic (exact) mass is 955 g/mol. The Balaban J connectivity index is 1.21. The lowest BCUT2D eigenvalue weighted by Gasteiger charge is -2.35. The van der Waals surface area contributed by atoms with Gasteiger partial charge in [-0.15, -0.1) is 0 Å². The van der Waals surface area contributed by atoms with Crippen molar-refractivity contribution in [3.63, 3.8) is 0 Å². The van der Waals surface area contributed by atoms with Crippen LogP contribution in [0.15, 0.2) is 163 Å². The number of allylic oxidation sites excluding steroid dienone is 2. The maximum absolute atomic E-state index is 7.18. The second kappa shape index (κ2) is 17.9. The maximum atomic E-state index is 7.18. The Labute approximate surface area is 431 Å². The molecule has 0 fully saturated rings. The minimum absolute atomic E-state index is 0.00169. The summed E-state index contributed by atoms with van der Waals surface area (Å²) in [5, 5.41) is 2.38. The molecule has 0 unspecified atom stereocenters. The molecule has 0 saturated carbocycles. The van der Waals surface area contributed by atoms with E-state index < -0.39 is 0 Å². The van der Waals surface area contributed by atoms with Gasteiger partial charge in [0.05, 0.1) is 17.7 Å². The number of fused-ring (bicyclic) bond motifs is 3. The van der Waals surface area contributed by atoms with E-state index in [2.05, 4.69) is 278 Å². The van der Waals surface area contributed by atoms with Crippen molar-refractivity contribution in [2.24, 2.45) is 10.8 Å². The number of anilines is 2. The Morgan fingerprint density at radius 3 is 1.56 bits per heavy atom. The van der Waals surface area contributed by atoms with Crippen molar-refractivity contribution in [3.8, 4) is 28.4 Å². The van der Waals surface area contributed by atoms with Gasteiger partial charge in [0.25, 0.3) is 0 Å². The lowest BCUT2D eigenvalue weighted by Crippen LogP contribution is -2.32. The van der Waals surface area contributed by atoms with Crippen LogP contribution in [0.5, 0.6) is 11.5 Å². The van der Waals surface area contributed by atoms with Gasteiger partial charge in [-0.25, -0.2) is 4.98 Å². The topological polar surface area (TPSA) is 33.5 Å². The molecule has 0 N–H and O–H groups in total. The summed E-state index contributed by atoms with van der Waals surface area (Å²) in [7, 11) is 0. The average molecular weight is 955 g/mol. The lowest BCUT2D eigenvalue weighted by molar-refractivity contribution is 0.444. The molecule has 0 bridgehead atoms. The van der Waals surface area contributed by atoms with Crippen LogP contribution in [0.1, 0.15) is 146 Å². The predicted molar refractivity (Wildman–Crippen MR) is 307 cm³/mol. The van der Waals surface area contributed by atoms with Crippen molar-refractivity contribution >= 4 is 33.2 Å². The van der Waals surface area contributed by atoms with Crippen LogP contribution in [0.2, 0.25) is 0 Å². The third-order valence-corrected chi connectivity index (χ3v) is 14.8. The first-order valence-corrected chi connectivity index (χ1v) is 26.0. The summed E-state index contributed by atoms with van der Waals surface area (Å²) in [5.74, 6) is 2.44. The van der Waals surface area contributed by atoms with Gasteiger partial charge < -0.3 is 14.5 Å². The van der Waals surface area contributed by atoms with Crippen molar-refractivity contribution in [1.29, 1.82) is 0 Å². The van der Waals surface area contributed by atoms with Gasteiger partial charge in [0.2, 0.25) is 0 Å². The SMILES string of the molecule is CC(C)(C)C1=C(C(C)(C)C)N(c2cc(C(C)(C)C)cc(C(C)(C)c3ccccc3)c2)CN1c1cc(Oc2ccc3c4cc(C(C)(C)C)ccc4n(-c4cc(C(C)(C)C)ccn4)c3c2)cc(-c2ccccc2)c1. The van der Waals surface area contributed by atoms with E-state index in [-0.39, 0.29) is 32.5 Å². The summed E-state index contributed by atoms with van der Waals surface area (Å²) in [6, 6.07) is 53.7. The van der Waals surface area contributed by atoms with E-state index in [9.17, 15) is 0 Å². The number of hydrogen-bond acceptors (Lipinski definition) is 4. The Morgan fingerprint density at radius 1 is 0.389 bits per heavy atom. The number of pyridine rings is 1. The van der Waals surface area contributed by atoms with Crippen LogP contribution in [0.25, 0.3) is 38.8 Å². The van der Waals surface area contributed by atoms with Crippen molar-refractivity contribution in [1.82, 2.24) is 9.55 Å². The van der Waals surface area contributed by atoms with Gasteiger partial charge in [0, 0.05) is 68.1 Å². The van der Waals surface area contributed by atoms with Crippen LogP contribution in [0.3, 0.4) is 0 Å². The van der Waals surface area contributed by atoms with Crippen LogP contribution in [-0.2, 0) is 21.7 Å². The first-order chi connectivity index (χ1) is 33.6. The Hall–Kier alpha value is -6.59. The normalized spacial score (nSPS) is 14.3. The highest BCUT2D eigenvalue weighted by Gasteiger charge is 2.43. The molecule has 0 atom stereocenters. The zero-order valence-electron chi connectivity index (χ0n) is 46.3. The molecule has 6 aromatic carbocycles. The van der Waals surface area contributed by atoms with E-state index in [1.165, 1.54) is 55.7 Å². The summed E-state index contributed by atoms with van der Waals surface area (Å²) >= 11 is 0. The molecule has 372 valence electrons. The highest BCUT2D eigenvalue weighted by atomic mass is 16.5. The van der Waals surface area contributed by atoms with Crippen molar-refractivity contribution in [3.05, 3.63) is 191 Å². The van der Waals surface area contributed by atoms with Crippen molar-refractivity contribution < 1.29 is 4.74 Å². The molecule has 8 aromatic rings. The number of benzene rings is 6. The molecule has 72 heavy (non-hydrogen) atoms. The van der Waals surface area contributed by atoms with E-state index >= 15 is 0 Å². The summed E-state index contributed by atoms with van der Waals surface area (Å²) in [5.41, 5.74) is 15.1. The standard InChI is InChI=1S/C67H78N4O/c1-62(2,3)47-28-31-57-56(39-47)55-30-29-53(42-58(55)71(57)59-40-48(32-33-68-59)63(4,5)6)72-54-35-45(44-24-20-18-21-25-44)34-51(41-54)69-43-70(61(66(13,14)15)60(69)65(10,11)12)52-37-49(64(7,8)9)36-50(38-52)67(16,17)46-26-22-19-23-27-46/h18-42H,43H2,1-17H3. The summed E-state index contributed by atoms with van der Waals surface area (Å²) in [6.45, 7) is 40.2. The zero-order valence-corrected chi connectivity index (χ0v) is 46.3. The third kappa shape index (κ3) is 9.72. The van der Waals surface area contributed by atoms with Gasteiger partial charge in [-0.2, -0.15) is 0 Å². The minimum Gasteiger partial charge on any atom is -0.457 e. The van der Waals surface area contributed by atoms with Crippen LogP contribution >= 0.6 is 0 Å². The van der Waals surface area contributed by atoms with Gasteiger partial charge in [0.15, 0.2) is 0 Å². The molecule has 0 amide bonds. The number of hydrogen-bond donors (Lipinski definition) is 0. The molecule has 1 aliphatic rings. The second-order valence-corrected chi connectivity index (χ2v) is 26.0. The van der Waals surface area contributed by atoms with E-state index in [4.69, 9.17) is 9.72 Å². The molecule has 5 nitrogen and oxygen atoms in total. The predicted octanol–water partition coefficient (Wildman–Crippen LogP) is 18.4. The van der Waals surface area contributed by atoms with Gasteiger partial charge in [-0.3, -0.25) is 4.57 Å². The van der Waals surface area contributed by atoms with Crippen LogP contribution in [0, 0.1) is 10.8 Å². The molecular formula is C67H78N4O. The highest BCUT2D eigenvalue weighted by molar-refractivity contribution is 6.10. The maximum Gasteiger partial charge on any atom is 0.137 e. The Morgan fingerprint density at radius 2 is 0.958 bits per heavy atom. The van der Waals surface area contributed by atoms with E-state index in [0.717, 1.165) is 45.2 Å². The Kier molecular flexibility index (Phi) is 12.5. The fraction of sp³-hybridized carbons (Fsp3) is 0.358. The van der Waals surface area contributed by atoms with Gasteiger partial charge in [-0.1, -0.05) is 190 Å². The summed E-state index contributed by atoms with van der Waals surface area (Å²) in [4.78, 5) is 10.2. The fourth-order valence-corrected chi connectivity index (χ4v) is 10.6. The van der Waals surface area contributed by atoms with Gasteiger partial charge >= 0.3 is 0 Å². The van der Waals surface area contributed by atoms with Crippen LogP contribution in [0.4, 0.5) is 11.4 Å². The van der Waals surface area contributed by atoms with Gasteiger partial charge in [0.1, 0.15) is 17.3 Å². The number of ether oxygens (including phenoxy) is 1. The number of aromatic nitrogens is 2. The average Bonchev–Trinajstić information content (AvgIpc) is 3.89. The molecule has 5 heteroatoms. The molecular weight excluding hydrogens is 877 g/mol. The van der Waals surface area contributed by atoms with Gasteiger partial charge in [-0.05, 0) is 116 Å². The van der Waals surface area contributed by atoms with E-state index in [1.807, 2.05) is 6.20 Å². The fourth-order valence-electron chi connectivity index (χ4n) is 10.6. The smallest absolute Gasteiger partial charge is 0.137 e. The second-order valence-electron chi connectivity index (χ2n) is 26.0. The highest BCUT2D eigenvalue weighted by Crippen LogP contribution is 2.50. The zero-order chi connectivity index (χ0) is 51.9. The quantitative estimate of drug-likeness (QED) is 0.152. The number of nitrogens with zero attached hydrogens (tertiary/aromatic N) is 4. The Bertz CT molecular complexity index is 3340. The first kappa shape index (κ1) is 50.4.